The maximum atomic E-state index is 5.70. The summed E-state index contributed by atoms with van der Waals surface area (Å²) >= 11 is 1.47. The van der Waals surface area contributed by atoms with Crippen molar-refractivity contribution in [1.29, 1.82) is 0 Å². The number of nitrogens with zero attached hydrogens (tertiary/aromatic N) is 2. The van der Waals surface area contributed by atoms with Crippen LogP contribution in [0.4, 0.5) is 0 Å². The van der Waals surface area contributed by atoms with Gasteiger partial charge in [0.2, 0.25) is 0 Å². The molecule has 2 rings (SSSR count). The summed E-state index contributed by atoms with van der Waals surface area (Å²) in [7, 11) is 0. The summed E-state index contributed by atoms with van der Waals surface area (Å²) in [5.74, 6) is 0.820. The lowest BCUT2D eigenvalue weighted by atomic mass is 10.2. The molecule has 0 radical (unpaired) electrons. The molecule has 0 aliphatic heterocycles. The minimum atomic E-state index is 0.594. The Bertz CT molecular complexity index is 498. The molecule has 5 heteroatoms. The van der Waals surface area contributed by atoms with Crippen molar-refractivity contribution in [3.63, 3.8) is 0 Å². The number of ether oxygens (including phenoxy) is 1. The summed E-state index contributed by atoms with van der Waals surface area (Å²) in [5.41, 5.74) is 1.25. The molecule has 18 heavy (non-hydrogen) atoms. The van der Waals surface area contributed by atoms with E-state index < -0.39 is 0 Å². The number of aromatic nitrogens is 2. The maximum absolute atomic E-state index is 5.70. The van der Waals surface area contributed by atoms with Crippen molar-refractivity contribution >= 4 is 11.3 Å². The van der Waals surface area contributed by atoms with Crippen LogP contribution in [0.15, 0.2) is 24.3 Å². The van der Waals surface area contributed by atoms with Gasteiger partial charge in [0.25, 0.3) is 5.19 Å². The Kier molecular flexibility index (Phi) is 4.66. The second kappa shape index (κ2) is 6.47. The van der Waals surface area contributed by atoms with Gasteiger partial charge in [-0.2, -0.15) is 0 Å². The molecule has 0 fully saturated rings. The largest absolute Gasteiger partial charge is 0.430 e. The molecule has 0 aliphatic carbocycles. The molecule has 4 nitrogen and oxygen atoms in total. The second-order valence-corrected chi connectivity index (χ2v) is 4.87. The van der Waals surface area contributed by atoms with E-state index in [9.17, 15) is 0 Å². The lowest BCUT2D eigenvalue weighted by Gasteiger charge is -2.02. The highest BCUT2D eigenvalue weighted by molar-refractivity contribution is 7.13. The Balaban J connectivity index is 2.01. The molecule has 1 aromatic carbocycles. The highest BCUT2D eigenvalue weighted by Crippen LogP contribution is 2.25. The number of benzene rings is 1. The van der Waals surface area contributed by atoms with Gasteiger partial charge in [-0.05, 0) is 30.7 Å². The monoisotopic (exact) mass is 263 g/mol. The fourth-order valence-corrected chi connectivity index (χ4v) is 2.19. The quantitative estimate of drug-likeness (QED) is 0.870. The topological polar surface area (TPSA) is 47.0 Å². The minimum Gasteiger partial charge on any atom is -0.430 e. The van der Waals surface area contributed by atoms with Crippen molar-refractivity contribution in [2.75, 3.05) is 6.54 Å². The van der Waals surface area contributed by atoms with Crippen LogP contribution < -0.4 is 10.1 Å². The molecule has 0 atom stereocenters. The van der Waals surface area contributed by atoms with E-state index in [0.717, 1.165) is 30.3 Å². The summed E-state index contributed by atoms with van der Waals surface area (Å²) in [5, 5.41) is 12.8. The van der Waals surface area contributed by atoms with Crippen LogP contribution in [0.1, 0.15) is 24.4 Å². The standard InChI is InChI=1S/C13H17N3OS/c1-3-10-6-5-7-11(8-10)17-13-16-15-12(18-13)9-14-4-2/h5-8,14H,3-4,9H2,1-2H3. The van der Waals surface area contributed by atoms with E-state index in [1.165, 1.54) is 16.9 Å². The lowest BCUT2D eigenvalue weighted by Crippen LogP contribution is -2.11. The normalized spacial score (nSPS) is 10.6. The van der Waals surface area contributed by atoms with E-state index in [-0.39, 0.29) is 0 Å². The van der Waals surface area contributed by atoms with Crippen molar-refractivity contribution < 1.29 is 4.74 Å². The van der Waals surface area contributed by atoms with Crippen molar-refractivity contribution in [1.82, 2.24) is 15.5 Å². The van der Waals surface area contributed by atoms with Crippen molar-refractivity contribution in [2.45, 2.75) is 26.8 Å². The number of nitrogens with one attached hydrogen (secondary N) is 1. The summed E-state index contributed by atoms with van der Waals surface area (Å²) < 4.78 is 5.70. The molecule has 0 aliphatic rings. The Hall–Kier alpha value is -1.46. The molecule has 1 heterocycles. The Morgan fingerprint density at radius 3 is 2.94 bits per heavy atom. The third-order valence-corrected chi connectivity index (χ3v) is 3.29. The average Bonchev–Trinajstić information content (AvgIpc) is 2.84. The van der Waals surface area contributed by atoms with Crippen LogP contribution >= 0.6 is 11.3 Å². The highest BCUT2D eigenvalue weighted by Gasteiger charge is 2.06. The Morgan fingerprint density at radius 1 is 1.28 bits per heavy atom. The molecule has 1 aromatic heterocycles. The van der Waals surface area contributed by atoms with Crippen molar-refractivity contribution in [3.05, 3.63) is 34.8 Å². The zero-order valence-electron chi connectivity index (χ0n) is 10.6. The minimum absolute atomic E-state index is 0.594. The zero-order chi connectivity index (χ0) is 12.8. The number of aryl methyl sites for hydroxylation is 1. The number of hydrogen-bond donors (Lipinski definition) is 1. The summed E-state index contributed by atoms with van der Waals surface area (Å²) in [6, 6.07) is 8.05. The van der Waals surface area contributed by atoms with Crippen LogP contribution in [-0.2, 0) is 13.0 Å². The molecular formula is C13H17N3OS. The van der Waals surface area contributed by atoms with E-state index in [1.807, 2.05) is 18.2 Å². The Morgan fingerprint density at radius 2 is 2.17 bits per heavy atom. The van der Waals surface area contributed by atoms with Gasteiger partial charge in [0.05, 0.1) is 0 Å². The van der Waals surface area contributed by atoms with Crippen LogP contribution in [0, 0.1) is 0 Å². The number of rotatable bonds is 6. The maximum Gasteiger partial charge on any atom is 0.299 e. The third-order valence-electron chi connectivity index (χ3n) is 2.49. The van der Waals surface area contributed by atoms with E-state index in [2.05, 4.69) is 35.4 Å². The molecule has 0 amide bonds. The smallest absolute Gasteiger partial charge is 0.299 e. The second-order valence-electron chi connectivity index (χ2n) is 3.85. The van der Waals surface area contributed by atoms with Gasteiger partial charge < -0.3 is 10.1 Å². The lowest BCUT2D eigenvalue weighted by molar-refractivity contribution is 0.472. The highest BCUT2D eigenvalue weighted by atomic mass is 32.1. The van der Waals surface area contributed by atoms with E-state index in [4.69, 9.17) is 4.74 Å². The molecule has 0 spiro atoms. The van der Waals surface area contributed by atoms with Gasteiger partial charge in [-0.3, -0.25) is 0 Å². The van der Waals surface area contributed by atoms with Gasteiger partial charge in [-0.25, -0.2) is 0 Å². The first-order valence-corrected chi connectivity index (χ1v) is 6.93. The SMILES string of the molecule is CCNCc1nnc(Oc2cccc(CC)c2)s1. The molecule has 2 aromatic rings. The van der Waals surface area contributed by atoms with Gasteiger partial charge in [0.1, 0.15) is 10.8 Å². The Labute approximate surface area is 111 Å². The molecule has 1 N–H and O–H groups in total. The first kappa shape index (κ1) is 13.0. The summed E-state index contributed by atoms with van der Waals surface area (Å²) in [6.07, 6.45) is 0.999. The third kappa shape index (κ3) is 3.51. The van der Waals surface area contributed by atoms with Gasteiger partial charge >= 0.3 is 0 Å². The van der Waals surface area contributed by atoms with E-state index in [1.54, 1.807) is 0 Å². The van der Waals surface area contributed by atoms with Gasteiger partial charge in [0.15, 0.2) is 0 Å². The van der Waals surface area contributed by atoms with Gasteiger partial charge in [-0.1, -0.05) is 42.4 Å². The summed E-state index contributed by atoms with van der Waals surface area (Å²) in [6.45, 7) is 5.86. The average molecular weight is 263 g/mol. The van der Waals surface area contributed by atoms with Crippen LogP contribution in [0.2, 0.25) is 0 Å². The molecular weight excluding hydrogens is 246 g/mol. The molecule has 0 saturated heterocycles. The summed E-state index contributed by atoms with van der Waals surface area (Å²) in [4.78, 5) is 0. The van der Waals surface area contributed by atoms with Gasteiger partial charge in [-0.15, -0.1) is 5.10 Å². The molecule has 96 valence electrons. The molecule has 0 saturated carbocycles. The van der Waals surface area contributed by atoms with Crippen LogP contribution in [0.3, 0.4) is 0 Å². The van der Waals surface area contributed by atoms with Gasteiger partial charge in [0, 0.05) is 6.54 Å². The van der Waals surface area contributed by atoms with Crippen LogP contribution in [0.5, 0.6) is 10.9 Å². The van der Waals surface area contributed by atoms with Crippen molar-refractivity contribution in [2.24, 2.45) is 0 Å². The fourth-order valence-electron chi connectivity index (χ4n) is 1.51. The fraction of sp³-hybridized carbons (Fsp3) is 0.385. The molecule has 0 unspecified atom stereocenters. The first-order chi connectivity index (χ1) is 8.81. The number of hydrogen-bond acceptors (Lipinski definition) is 5. The van der Waals surface area contributed by atoms with Crippen LogP contribution in [-0.4, -0.2) is 16.7 Å². The predicted molar refractivity (Wildman–Crippen MR) is 73.2 cm³/mol. The zero-order valence-corrected chi connectivity index (χ0v) is 11.5. The van der Waals surface area contributed by atoms with E-state index in [0.29, 0.717) is 5.19 Å². The van der Waals surface area contributed by atoms with Crippen LogP contribution in [0.25, 0.3) is 0 Å². The predicted octanol–water partition coefficient (Wildman–Crippen LogP) is 3.00. The van der Waals surface area contributed by atoms with Crippen molar-refractivity contribution in [3.8, 4) is 10.9 Å². The molecule has 0 bridgehead atoms. The van der Waals surface area contributed by atoms with E-state index >= 15 is 0 Å². The first-order valence-electron chi connectivity index (χ1n) is 6.11.